The van der Waals surface area contributed by atoms with E-state index in [0.29, 0.717) is 0 Å². The van der Waals surface area contributed by atoms with Gasteiger partial charge in [0.1, 0.15) is 0 Å². The Hall–Kier alpha value is 2.00. The van der Waals surface area contributed by atoms with Crippen molar-refractivity contribution in [2.24, 2.45) is 0 Å². The second-order valence-electron chi connectivity index (χ2n) is 2.67. The van der Waals surface area contributed by atoms with E-state index in [2.05, 4.69) is 5.32 Å². The van der Waals surface area contributed by atoms with Crippen molar-refractivity contribution in [2.45, 2.75) is 25.7 Å². The van der Waals surface area contributed by atoms with E-state index < -0.39 is 16.5 Å². The number of hydrogen-bond donors (Lipinski definition) is 5. The van der Waals surface area contributed by atoms with Crippen LogP contribution in [0.5, 0.6) is 0 Å². The molecule has 1 aliphatic heterocycles. The Balaban J connectivity index is -0.0000000755. The maximum atomic E-state index is 8.70. The third-order valence-corrected chi connectivity index (χ3v) is 1.46. The van der Waals surface area contributed by atoms with Crippen LogP contribution in [-0.4, -0.2) is 91.8 Å². The van der Waals surface area contributed by atoms with Crippen LogP contribution in [0.4, 0.5) is 0 Å². The van der Waals surface area contributed by atoms with E-state index in [4.69, 9.17) is 28.7 Å². The summed E-state index contributed by atoms with van der Waals surface area (Å²) in [6.45, 7) is 2.50. The summed E-state index contributed by atoms with van der Waals surface area (Å²) in [6, 6.07) is 0. The number of nitrogens with one attached hydrogen (secondary N) is 1. The van der Waals surface area contributed by atoms with Crippen LogP contribution in [0.1, 0.15) is 25.7 Å². The molecule has 1 saturated heterocycles. The standard InChI is InChI=1S/C6H13N.2Na.2HO3P/c1-2-4-6-7-5-3-1;;;2*1-4(2)3/h7H,1-6H2;;;2*(H-,1,2,3)/p+2. The summed E-state index contributed by atoms with van der Waals surface area (Å²) in [4.78, 5) is 28.5. The van der Waals surface area contributed by atoms with Gasteiger partial charge >= 0.3 is 16.5 Å². The third kappa shape index (κ3) is 56.9. The minimum atomic E-state index is -2.87. The van der Waals surface area contributed by atoms with Crippen molar-refractivity contribution in [3.05, 3.63) is 0 Å². The van der Waals surface area contributed by atoms with Gasteiger partial charge in [-0.2, -0.15) is 0 Å². The summed E-state index contributed by atoms with van der Waals surface area (Å²) in [6.07, 6.45) is 5.65. The van der Waals surface area contributed by atoms with Gasteiger partial charge in [0.2, 0.25) is 0 Å². The second kappa shape index (κ2) is 23.1. The fourth-order valence-electron chi connectivity index (χ4n) is 0.979. The van der Waals surface area contributed by atoms with E-state index >= 15 is 0 Å². The maximum Gasteiger partial charge on any atom is 0.692 e. The quantitative estimate of drug-likeness (QED) is 0.305. The van der Waals surface area contributed by atoms with Crippen molar-refractivity contribution in [1.82, 2.24) is 5.32 Å². The zero-order valence-corrected chi connectivity index (χ0v) is 16.0. The Labute approximate surface area is 147 Å². The monoisotopic (exact) mass is 307 g/mol. The Kier molecular flexibility index (Phi) is 37.2. The molecule has 92 valence electrons. The molecule has 0 saturated carbocycles. The molecule has 0 amide bonds. The molecule has 7 nitrogen and oxygen atoms in total. The van der Waals surface area contributed by atoms with Crippen molar-refractivity contribution in [2.75, 3.05) is 13.1 Å². The fourth-order valence-corrected chi connectivity index (χ4v) is 0.979. The minimum Gasteiger partial charge on any atom is -0.317 e. The van der Waals surface area contributed by atoms with E-state index in [9.17, 15) is 0 Å². The van der Waals surface area contributed by atoms with Crippen molar-refractivity contribution in [3.63, 3.8) is 0 Å². The largest absolute Gasteiger partial charge is 0.692 e. The number of hydrogen-bond acceptors (Lipinski definition) is 3. The van der Waals surface area contributed by atoms with Gasteiger partial charge in [0.15, 0.2) is 0 Å². The van der Waals surface area contributed by atoms with Gasteiger partial charge in [-0.1, -0.05) is 12.8 Å². The van der Waals surface area contributed by atoms with Gasteiger partial charge in [-0.05, 0) is 25.9 Å². The third-order valence-electron chi connectivity index (χ3n) is 1.46. The molecule has 0 aliphatic carbocycles. The van der Waals surface area contributed by atoms with Crippen LogP contribution < -0.4 is 5.32 Å². The average Bonchev–Trinajstić information content (AvgIpc) is 2.31. The summed E-state index contributed by atoms with van der Waals surface area (Å²) < 4.78 is 17.4. The molecule has 0 aromatic carbocycles. The van der Waals surface area contributed by atoms with Gasteiger partial charge in [-0.3, -0.25) is 0 Å². The van der Waals surface area contributed by atoms with E-state index in [1.807, 2.05) is 0 Å². The molecule has 1 fully saturated rings. The first-order chi connectivity index (χ1) is 6.96. The first-order valence-electron chi connectivity index (χ1n) is 4.37. The van der Waals surface area contributed by atoms with Crippen molar-refractivity contribution >= 4 is 75.6 Å². The van der Waals surface area contributed by atoms with E-state index in [1.54, 1.807) is 0 Å². The van der Waals surface area contributed by atoms with Gasteiger partial charge in [-0.15, -0.1) is 19.6 Å². The smallest absolute Gasteiger partial charge is 0.317 e. The van der Waals surface area contributed by atoms with Crippen LogP contribution in [0.3, 0.4) is 0 Å². The van der Waals surface area contributed by atoms with Gasteiger partial charge in [-0.25, -0.2) is 0 Å². The molecule has 1 heterocycles. The Morgan fingerprint density at radius 3 is 1.18 bits per heavy atom. The molecule has 0 atom stereocenters. The fraction of sp³-hybridized carbons (Fsp3) is 1.00. The molecule has 2 radical (unpaired) electrons. The predicted molar refractivity (Wildman–Crippen MR) is 66.9 cm³/mol. The predicted octanol–water partition coefficient (Wildman–Crippen LogP) is -0.355. The average molecular weight is 307 g/mol. The van der Waals surface area contributed by atoms with Gasteiger partial charge in [0.25, 0.3) is 0 Å². The van der Waals surface area contributed by atoms with E-state index in [1.165, 1.54) is 38.8 Å². The zero-order chi connectivity index (χ0) is 12.1. The van der Waals surface area contributed by atoms with Crippen LogP contribution >= 0.6 is 16.5 Å². The zero-order valence-electron chi connectivity index (χ0n) is 10.2. The number of rotatable bonds is 0. The normalized spacial score (nSPS) is 12.9. The molecule has 0 aromatic rings. The molecule has 11 heteroatoms. The summed E-state index contributed by atoms with van der Waals surface area (Å²) in [5, 5.41) is 3.35. The second-order valence-corrected chi connectivity index (χ2v) is 3.68. The summed E-state index contributed by atoms with van der Waals surface area (Å²) in [5.74, 6) is 0. The van der Waals surface area contributed by atoms with E-state index in [0.717, 1.165) is 0 Å². The van der Waals surface area contributed by atoms with Crippen LogP contribution in [0.2, 0.25) is 0 Å². The SMILES string of the molecule is C1CCCNCC1.O=[P+](O)O.O=[P+](O)O.[Na].[Na]. The summed E-state index contributed by atoms with van der Waals surface area (Å²) in [5.41, 5.74) is 0. The molecule has 17 heavy (non-hydrogen) atoms. The summed E-state index contributed by atoms with van der Waals surface area (Å²) >= 11 is 0. The molecular formula is C6H17NNa2O6P2+2. The Morgan fingerprint density at radius 1 is 0.706 bits per heavy atom. The topological polar surface area (TPSA) is 127 Å². The Morgan fingerprint density at radius 2 is 0.941 bits per heavy atom. The first-order valence-corrected chi connectivity index (χ1v) is 6.70. The molecule has 0 spiro atoms. The van der Waals surface area contributed by atoms with Crippen molar-refractivity contribution < 1.29 is 28.7 Å². The summed E-state index contributed by atoms with van der Waals surface area (Å²) in [7, 11) is -5.74. The van der Waals surface area contributed by atoms with Crippen LogP contribution in [0.15, 0.2) is 0 Å². The van der Waals surface area contributed by atoms with Crippen LogP contribution in [0.25, 0.3) is 0 Å². The molecule has 1 aliphatic rings. The molecule has 0 unspecified atom stereocenters. The maximum absolute atomic E-state index is 8.70. The first kappa shape index (κ1) is 27.4. The molecule has 1 rings (SSSR count). The van der Waals surface area contributed by atoms with Crippen molar-refractivity contribution in [1.29, 1.82) is 0 Å². The van der Waals surface area contributed by atoms with Gasteiger partial charge in [0.05, 0.1) is 0 Å². The molecule has 0 bridgehead atoms. The Bertz CT molecular complexity index is 148. The molecular weight excluding hydrogens is 290 g/mol. The van der Waals surface area contributed by atoms with Crippen LogP contribution in [0, 0.1) is 0 Å². The minimum absolute atomic E-state index is 0. The van der Waals surface area contributed by atoms with E-state index in [-0.39, 0.29) is 59.1 Å². The van der Waals surface area contributed by atoms with Crippen molar-refractivity contribution in [3.8, 4) is 0 Å². The van der Waals surface area contributed by atoms with Gasteiger partial charge < -0.3 is 5.32 Å². The molecule has 0 aromatic heterocycles. The van der Waals surface area contributed by atoms with Crippen LogP contribution in [-0.2, 0) is 9.13 Å². The van der Waals surface area contributed by atoms with Gasteiger partial charge in [0, 0.05) is 68.2 Å². The molecule has 5 N–H and O–H groups in total.